The third-order valence-corrected chi connectivity index (χ3v) is 13.5. The molecule has 26 heteroatoms. The summed E-state index contributed by atoms with van der Waals surface area (Å²) >= 11 is 0. The molecule has 0 unspecified atom stereocenters. The van der Waals surface area contributed by atoms with Crippen molar-refractivity contribution < 1.29 is 58.2 Å². The van der Waals surface area contributed by atoms with Gasteiger partial charge in [0.05, 0.1) is 18.6 Å². The monoisotopic (exact) mass is 1160 g/mol. The Hall–Kier alpha value is -7.88. The van der Waals surface area contributed by atoms with Crippen molar-refractivity contribution in [3.63, 3.8) is 0 Å². The average molecular weight is 1160 g/mol. The van der Waals surface area contributed by atoms with Crippen molar-refractivity contribution in [2.45, 2.75) is 146 Å². The van der Waals surface area contributed by atoms with Crippen molar-refractivity contribution in [1.29, 1.82) is 0 Å². The number of benzene rings is 3. The SMILES string of the molecule is CC(C)C[C@@H]1NC(=O)[C@@H](Cc2ccccc2)NC(=O)[C@H](CCN)NC(=O)[C@@H](NC(=O)[C@H](CCN)NC(=O)[C@@H](NC(=O)Cc2ccc(-c3ccccc3)cc2)[C@@H](C)O)CCNC(=O)[C@H]([C@@H](C)O)NC(=O)[C@H](CCN)NC(=O)[C@H](CCN)NC1=O. The van der Waals surface area contributed by atoms with E-state index in [1.165, 1.54) is 13.8 Å². The molecule has 20 N–H and O–H groups in total. The molecule has 1 heterocycles. The number of hydrogen-bond donors (Lipinski definition) is 16. The lowest BCUT2D eigenvalue weighted by Crippen LogP contribution is -2.61. The van der Waals surface area contributed by atoms with E-state index in [9.17, 15) is 58.2 Å². The maximum Gasteiger partial charge on any atom is 0.245 e. The molecule has 0 aromatic heterocycles. The van der Waals surface area contributed by atoms with Crippen LogP contribution in [-0.4, -0.2) is 169 Å². The van der Waals surface area contributed by atoms with Crippen molar-refractivity contribution in [3.05, 3.63) is 96.1 Å². The van der Waals surface area contributed by atoms with Crippen molar-refractivity contribution in [2.24, 2.45) is 28.9 Å². The number of nitrogens with two attached hydrogens (primary N) is 4. The maximum absolute atomic E-state index is 14.5. The Morgan fingerprint density at radius 1 is 0.542 bits per heavy atom. The van der Waals surface area contributed by atoms with Crippen LogP contribution in [0.1, 0.15) is 77.3 Å². The Kier molecular flexibility index (Phi) is 28.1. The van der Waals surface area contributed by atoms with Crippen molar-refractivity contribution in [1.82, 2.24) is 53.2 Å². The van der Waals surface area contributed by atoms with E-state index < -0.39 is 139 Å². The molecule has 1 fully saturated rings. The van der Waals surface area contributed by atoms with Gasteiger partial charge < -0.3 is 86.3 Å². The van der Waals surface area contributed by atoms with Gasteiger partial charge in [0.1, 0.15) is 54.4 Å². The van der Waals surface area contributed by atoms with E-state index in [4.69, 9.17) is 22.9 Å². The largest absolute Gasteiger partial charge is 0.391 e. The molecule has 4 rings (SSSR count). The highest BCUT2D eigenvalue weighted by atomic mass is 16.3. The first kappa shape index (κ1) is 67.6. The minimum absolute atomic E-state index is 0.0551. The van der Waals surface area contributed by atoms with Crippen LogP contribution in [0, 0.1) is 5.92 Å². The number of amides is 10. The van der Waals surface area contributed by atoms with E-state index in [2.05, 4.69) is 53.2 Å². The van der Waals surface area contributed by atoms with Gasteiger partial charge in [-0.3, -0.25) is 47.9 Å². The highest BCUT2D eigenvalue weighted by molar-refractivity contribution is 5.99. The number of rotatable bonds is 22. The van der Waals surface area contributed by atoms with Gasteiger partial charge in [0.2, 0.25) is 59.1 Å². The van der Waals surface area contributed by atoms with Crippen LogP contribution >= 0.6 is 0 Å². The van der Waals surface area contributed by atoms with Crippen LogP contribution in [-0.2, 0) is 60.8 Å². The number of carbonyl (C=O) groups is 10. The molecular weight excluding hydrogens is 1070 g/mol. The smallest absolute Gasteiger partial charge is 0.245 e. The van der Waals surface area contributed by atoms with Crippen molar-refractivity contribution in [3.8, 4) is 11.1 Å². The van der Waals surface area contributed by atoms with Gasteiger partial charge in [0.25, 0.3) is 0 Å². The quantitative estimate of drug-likeness (QED) is 0.0459. The molecule has 11 atom stereocenters. The molecule has 0 spiro atoms. The van der Waals surface area contributed by atoms with Crippen molar-refractivity contribution >= 4 is 59.1 Å². The molecule has 3 aromatic carbocycles. The molecule has 83 heavy (non-hydrogen) atoms. The highest BCUT2D eigenvalue weighted by Gasteiger charge is 2.37. The van der Waals surface area contributed by atoms with Gasteiger partial charge in [-0.2, -0.15) is 0 Å². The Balaban J connectivity index is 1.69. The zero-order valence-corrected chi connectivity index (χ0v) is 47.5. The number of aliphatic hydroxyl groups excluding tert-OH is 2. The summed E-state index contributed by atoms with van der Waals surface area (Å²) < 4.78 is 0. The minimum Gasteiger partial charge on any atom is -0.391 e. The summed E-state index contributed by atoms with van der Waals surface area (Å²) in [5.74, 6) is -9.07. The summed E-state index contributed by atoms with van der Waals surface area (Å²) in [4.78, 5) is 140. The predicted molar refractivity (Wildman–Crippen MR) is 308 cm³/mol. The molecule has 10 amide bonds. The van der Waals surface area contributed by atoms with Crippen LogP contribution < -0.4 is 76.1 Å². The van der Waals surface area contributed by atoms with Gasteiger partial charge in [-0.25, -0.2) is 0 Å². The first-order chi connectivity index (χ1) is 39.6. The van der Waals surface area contributed by atoms with Crippen LogP contribution in [0.4, 0.5) is 0 Å². The van der Waals surface area contributed by atoms with E-state index in [0.717, 1.165) is 11.1 Å². The second kappa shape index (κ2) is 34.5. The third kappa shape index (κ3) is 22.1. The normalized spacial score (nSPS) is 22.3. The van der Waals surface area contributed by atoms with E-state index in [-0.39, 0.29) is 77.0 Å². The van der Waals surface area contributed by atoms with Gasteiger partial charge in [0, 0.05) is 13.0 Å². The summed E-state index contributed by atoms with van der Waals surface area (Å²) in [5, 5.41) is 47.2. The Morgan fingerprint density at radius 2 is 1.02 bits per heavy atom. The Morgan fingerprint density at radius 3 is 1.54 bits per heavy atom. The third-order valence-electron chi connectivity index (χ3n) is 13.5. The minimum atomic E-state index is -1.67. The van der Waals surface area contributed by atoms with E-state index >= 15 is 0 Å². The van der Waals surface area contributed by atoms with Crippen LogP contribution in [0.3, 0.4) is 0 Å². The molecule has 454 valence electrons. The van der Waals surface area contributed by atoms with E-state index in [1.807, 2.05) is 42.5 Å². The lowest BCUT2D eigenvalue weighted by atomic mass is 10.00. The first-order valence-corrected chi connectivity index (χ1v) is 27.9. The molecule has 0 aliphatic carbocycles. The van der Waals surface area contributed by atoms with Crippen LogP contribution in [0.5, 0.6) is 0 Å². The van der Waals surface area contributed by atoms with Gasteiger partial charge in [-0.15, -0.1) is 0 Å². The van der Waals surface area contributed by atoms with E-state index in [1.54, 1.807) is 56.3 Å². The summed E-state index contributed by atoms with van der Waals surface area (Å²) in [7, 11) is 0. The second-order valence-corrected chi connectivity index (χ2v) is 20.9. The van der Waals surface area contributed by atoms with Crippen molar-refractivity contribution in [2.75, 3.05) is 32.7 Å². The molecule has 3 aromatic rings. The molecular formula is C57H84N14O12. The fourth-order valence-electron chi connectivity index (χ4n) is 9.04. The molecule has 1 saturated heterocycles. The van der Waals surface area contributed by atoms with Gasteiger partial charge in [-0.05, 0) is 107 Å². The molecule has 0 saturated carbocycles. The number of nitrogens with one attached hydrogen (secondary N) is 10. The maximum atomic E-state index is 14.5. The van der Waals surface area contributed by atoms with Gasteiger partial charge in [0.15, 0.2) is 0 Å². The molecule has 0 bridgehead atoms. The molecule has 1 aliphatic heterocycles. The standard InChI is InChI=1S/C57H84N14O12/c1-32(2)29-44-54(80)65-39(19-24-58)49(75)64-42(22-27-61)53(79)71-47(33(3)72)56(82)62-28-23-43(52(78)63-40(20-25-59)51(77)69-45(55(81)68-44)30-35-11-7-5-8-12-35)66-50(76)41(21-26-60)67-57(83)48(34(4)73)70-46(74)31-36-15-17-38(18-16-36)37-13-9-6-10-14-37/h5-18,32-34,39-45,47-48,72-73H,19-31,58-61H2,1-4H3,(H,62,82)(H,63,78)(H,64,75)(H,65,80)(H,66,76)(H,67,83)(H,68,81)(H,69,77)(H,70,74)(H,71,79)/t33-,34-,39+,40+,41+,42+,43+,44+,45-,47+,48+/m1/s1. The zero-order valence-electron chi connectivity index (χ0n) is 47.5. The average Bonchev–Trinajstić information content (AvgIpc) is 3.55. The van der Waals surface area contributed by atoms with Crippen LogP contribution in [0.2, 0.25) is 0 Å². The molecule has 1 aliphatic rings. The van der Waals surface area contributed by atoms with Gasteiger partial charge in [-0.1, -0.05) is 98.8 Å². The summed E-state index contributed by atoms with van der Waals surface area (Å²) in [6.07, 6.45) is -4.40. The second-order valence-electron chi connectivity index (χ2n) is 20.9. The Bertz CT molecular complexity index is 2630. The Labute approximate surface area is 483 Å². The molecule has 26 nitrogen and oxygen atoms in total. The lowest BCUT2D eigenvalue weighted by Gasteiger charge is -2.28. The lowest BCUT2D eigenvalue weighted by molar-refractivity contribution is -0.136. The number of hydrogen-bond acceptors (Lipinski definition) is 16. The van der Waals surface area contributed by atoms with Crippen LogP contribution in [0.15, 0.2) is 84.9 Å². The first-order valence-electron chi connectivity index (χ1n) is 27.9. The summed E-state index contributed by atoms with van der Waals surface area (Å²) in [5.41, 5.74) is 26.7. The summed E-state index contributed by atoms with van der Waals surface area (Å²) in [6.45, 7) is 5.01. The molecule has 0 radical (unpaired) electrons. The fraction of sp³-hybridized carbons (Fsp3) is 0.509. The van der Waals surface area contributed by atoms with Crippen LogP contribution in [0.25, 0.3) is 11.1 Å². The topological polar surface area (TPSA) is 436 Å². The number of carbonyl (C=O) groups excluding carboxylic acids is 10. The summed E-state index contributed by atoms with van der Waals surface area (Å²) in [6, 6.07) is 12.1. The highest BCUT2D eigenvalue weighted by Crippen LogP contribution is 2.20. The fourth-order valence-corrected chi connectivity index (χ4v) is 9.04. The van der Waals surface area contributed by atoms with E-state index in [0.29, 0.717) is 11.1 Å². The predicted octanol–water partition coefficient (Wildman–Crippen LogP) is -3.78. The van der Waals surface area contributed by atoms with Gasteiger partial charge >= 0.3 is 0 Å². The number of aliphatic hydroxyl groups is 2. The zero-order chi connectivity index (χ0) is 61.2.